The summed E-state index contributed by atoms with van der Waals surface area (Å²) >= 11 is 0. The van der Waals surface area contributed by atoms with Gasteiger partial charge in [0.05, 0.1) is 6.54 Å². The van der Waals surface area contributed by atoms with Crippen molar-refractivity contribution in [2.75, 3.05) is 39.8 Å². The summed E-state index contributed by atoms with van der Waals surface area (Å²) in [6, 6.07) is 0. The lowest BCUT2D eigenvalue weighted by Crippen LogP contribution is -2.57. The van der Waals surface area contributed by atoms with E-state index in [1.165, 1.54) is 6.42 Å². The second kappa shape index (κ2) is 5.54. The summed E-state index contributed by atoms with van der Waals surface area (Å²) in [6.45, 7) is 11.5. The molecule has 2 bridgehead atoms. The number of likely N-dealkylation sites (N-methyl/N-ethyl adjacent to an activating group) is 1. The van der Waals surface area contributed by atoms with Crippen molar-refractivity contribution in [3.8, 4) is 0 Å². The predicted octanol–water partition coefficient (Wildman–Crippen LogP) is 1.85. The predicted molar refractivity (Wildman–Crippen MR) is 83.0 cm³/mol. The Labute approximate surface area is 128 Å². The van der Waals surface area contributed by atoms with Crippen LogP contribution in [0.2, 0.25) is 0 Å². The molecule has 0 amide bonds. The fourth-order valence-electron chi connectivity index (χ4n) is 4.65. The molecule has 1 aliphatic heterocycles. The molecule has 1 saturated heterocycles. The third kappa shape index (κ3) is 2.85. The summed E-state index contributed by atoms with van der Waals surface area (Å²) in [7, 11) is 2.13. The van der Waals surface area contributed by atoms with Crippen LogP contribution in [0.5, 0.6) is 0 Å². The Bertz CT molecular complexity index is 402. The van der Waals surface area contributed by atoms with Gasteiger partial charge in [0.15, 0.2) is 0 Å². The summed E-state index contributed by atoms with van der Waals surface area (Å²) in [5.74, 6) is 1.98. The van der Waals surface area contributed by atoms with Gasteiger partial charge in [0.1, 0.15) is 6.10 Å². The lowest BCUT2D eigenvalue weighted by molar-refractivity contribution is -0.187. The molecule has 4 nitrogen and oxygen atoms in total. The van der Waals surface area contributed by atoms with Gasteiger partial charge in [-0.2, -0.15) is 0 Å². The van der Waals surface area contributed by atoms with Crippen LogP contribution >= 0.6 is 0 Å². The first kappa shape index (κ1) is 15.3. The highest BCUT2D eigenvalue weighted by Crippen LogP contribution is 2.61. The van der Waals surface area contributed by atoms with Crippen molar-refractivity contribution in [2.24, 2.45) is 23.2 Å². The van der Waals surface area contributed by atoms with Crippen molar-refractivity contribution in [1.82, 2.24) is 9.80 Å². The van der Waals surface area contributed by atoms with Gasteiger partial charge in [-0.3, -0.25) is 9.69 Å². The Morgan fingerprint density at radius 2 is 1.86 bits per heavy atom. The number of nitrogens with zero attached hydrogens (tertiary/aromatic N) is 2. The van der Waals surface area contributed by atoms with Crippen molar-refractivity contribution < 1.29 is 9.53 Å². The van der Waals surface area contributed by atoms with Crippen LogP contribution in [0.3, 0.4) is 0 Å². The highest BCUT2D eigenvalue weighted by molar-refractivity contribution is 5.72. The molecule has 120 valence electrons. The van der Waals surface area contributed by atoms with E-state index in [4.69, 9.17) is 4.74 Å². The number of carbonyl (C=O) groups excluding carboxylic acids is 1. The molecule has 4 heteroatoms. The molecule has 21 heavy (non-hydrogen) atoms. The van der Waals surface area contributed by atoms with E-state index in [9.17, 15) is 4.79 Å². The largest absolute Gasteiger partial charge is 0.461 e. The van der Waals surface area contributed by atoms with E-state index in [1.807, 2.05) is 0 Å². The minimum atomic E-state index is -0.0180. The average Bonchev–Trinajstić information content (AvgIpc) is 2.43. The van der Waals surface area contributed by atoms with E-state index < -0.39 is 0 Å². The summed E-state index contributed by atoms with van der Waals surface area (Å²) in [5, 5.41) is 0. The summed E-state index contributed by atoms with van der Waals surface area (Å²) < 4.78 is 5.83. The fraction of sp³-hybridized carbons (Fsp3) is 0.941. The molecule has 0 aromatic heterocycles. The molecule has 4 fully saturated rings. The van der Waals surface area contributed by atoms with Crippen LogP contribution in [0.1, 0.15) is 33.6 Å². The summed E-state index contributed by atoms with van der Waals surface area (Å²) in [4.78, 5) is 16.7. The molecule has 0 unspecified atom stereocenters. The lowest BCUT2D eigenvalue weighted by Gasteiger charge is -2.61. The molecular formula is C17H30N2O2. The molecule has 0 radical (unpaired) electrons. The fourth-order valence-corrected chi connectivity index (χ4v) is 4.65. The van der Waals surface area contributed by atoms with Gasteiger partial charge in [-0.05, 0) is 43.1 Å². The lowest BCUT2D eigenvalue weighted by atomic mass is 9.45. The van der Waals surface area contributed by atoms with Crippen LogP contribution in [0.15, 0.2) is 0 Å². The first-order valence-corrected chi connectivity index (χ1v) is 8.48. The summed E-state index contributed by atoms with van der Waals surface area (Å²) in [5.41, 5.74) is 0.458. The highest BCUT2D eigenvalue weighted by atomic mass is 16.5. The van der Waals surface area contributed by atoms with Crippen LogP contribution < -0.4 is 0 Å². The van der Waals surface area contributed by atoms with Gasteiger partial charge in [-0.15, -0.1) is 0 Å². The van der Waals surface area contributed by atoms with Crippen LogP contribution in [-0.4, -0.2) is 61.6 Å². The number of hydrogen-bond donors (Lipinski definition) is 0. The quantitative estimate of drug-likeness (QED) is 0.744. The monoisotopic (exact) mass is 294 g/mol. The third-order valence-corrected chi connectivity index (χ3v) is 6.52. The molecule has 0 N–H and O–H groups in total. The topological polar surface area (TPSA) is 32.8 Å². The molecule has 0 aromatic rings. The summed E-state index contributed by atoms with van der Waals surface area (Å²) in [6.07, 6.45) is 2.56. The zero-order chi connectivity index (χ0) is 15.2. The van der Waals surface area contributed by atoms with E-state index in [2.05, 4.69) is 37.6 Å². The number of carbonyl (C=O) groups is 1. The second-order valence-electron chi connectivity index (χ2n) is 8.06. The van der Waals surface area contributed by atoms with Crippen LogP contribution in [0, 0.1) is 23.2 Å². The molecule has 3 saturated carbocycles. The highest BCUT2D eigenvalue weighted by Gasteiger charge is 2.57. The molecule has 1 heterocycles. The maximum Gasteiger partial charge on any atom is 0.320 e. The van der Waals surface area contributed by atoms with Crippen molar-refractivity contribution in [1.29, 1.82) is 0 Å². The Hall–Kier alpha value is -0.610. The smallest absolute Gasteiger partial charge is 0.320 e. The van der Waals surface area contributed by atoms with Crippen molar-refractivity contribution in [2.45, 2.75) is 39.7 Å². The third-order valence-electron chi connectivity index (χ3n) is 6.52. The molecule has 3 aliphatic carbocycles. The van der Waals surface area contributed by atoms with Crippen LogP contribution in [0.4, 0.5) is 0 Å². The van der Waals surface area contributed by atoms with Crippen molar-refractivity contribution in [3.05, 3.63) is 0 Å². The minimum Gasteiger partial charge on any atom is -0.461 e. The SMILES string of the molecule is C[C@@H]1[C@H]2C[C@@H](C[C@H]1OC(=O)CN1CCN(C)CC1)C2(C)C. The maximum absolute atomic E-state index is 12.2. The van der Waals surface area contributed by atoms with Gasteiger partial charge in [-0.25, -0.2) is 0 Å². The first-order valence-electron chi connectivity index (χ1n) is 8.48. The van der Waals surface area contributed by atoms with E-state index in [0.717, 1.165) is 44.4 Å². The van der Waals surface area contributed by atoms with Gasteiger partial charge < -0.3 is 9.64 Å². The van der Waals surface area contributed by atoms with Gasteiger partial charge in [0, 0.05) is 26.2 Å². The molecule has 4 atom stereocenters. The number of hydrogen-bond acceptors (Lipinski definition) is 4. The average molecular weight is 294 g/mol. The van der Waals surface area contributed by atoms with Crippen molar-refractivity contribution >= 4 is 5.97 Å². The zero-order valence-corrected chi connectivity index (χ0v) is 14.0. The number of rotatable bonds is 3. The Balaban J connectivity index is 1.48. The van der Waals surface area contributed by atoms with E-state index in [1.54, 1.807) is 0 Å². The number of piperazine rings is 1. The first-order chi connectivity index (χ1) is 9.88. The number of ether oxygens (including phenoxy) is 1. The van der Waals surface area contributed by atoms with Crippen LogP contribution in [0.25, 0.3) is 0 Å². The van der Waals surface area contributed by atoms with E-state index in [0.29, 0.717) is 17.9 Å². The normalized spacial score (nSPS) is 39.6. The molecule has 0 aromatic carbocycles. The van der Waals surface area contributed by atoms with Gasteiger partial charge >= 0.3 is 5.97 Å². The maximum atomic E-state index is 12.2. The van der Waals surface area contributed by atoms with Gasteiger partial charge in [0.2, 0.25) is 0 Å². The molecule has 4 rings (SSSR count). The standard InChI is InChI=1S/C17H30N2O2/c1-12-14-9-13(17(14,2)3)10-15(12)21-16(20)11-19-7-5-18(4)6-8-19/h12-15H,5-11H2,1-4H3/t12-,13+,14-,15-/m1/s1. The van der Waals surface area contributed by atoms with Crippen molar-refractivity contribution in [3.63, 3.8) is 0 Å². The van der Waals surface area contributed by atoms with Crippen LogP contribution in [-0.2, 0) is 9.53 Å². The number of fused-ring (bicyclic) bond motifs is 2. The number of esters is 1. The van der Waals surface area contributed by atoms with E-state index >= 15 is 0 Å². The second-order valence-corrected chi connectivity index (χ2v) is 8.06. The van der Waals surface area contributed by atoms with Gasteiger partial charge in [0.25, 0.3) is 0 Å². The Morgan fingerprint density at radius 3 is 2.43 bits per heavy atom. The minimum absolute atomic E-state index is 0.0180. The van der Waals surface area contributed by atoms with E-state index in [-0.39, 0.29) is 12.1 Å². The zero-order valence-electron chi connectivity index (χ0n) is 14.0. The molecule has 0 spiro atoms. The molecule has 4 aliphatic rings. The Morgan fingerprint density at radius 1 is 1.19 bits per heavy atom. The molecular weight excluding hydrogens is 264 g/mol. The Kier molecular flexibility index (Phi) is 4.04. The van der Waals surface area contributed by atoms with Gasteiger partial charge in [-0.1, -0.05) is 20.8 Å².